The van der Waals surface area contributed by atoms with Gasteiger partial charge in [0.25, 0.3) is 5.91 Å². The zero-order valence-electron chi connectivity index (χ0n) is 14.6. The van der Waals surface area contributed by atoms with Crippen LogP contribution in [0.3, 0.4) is 0 Å². The third-order valence-corrected chi connectivity index (χ3v) is 3.65. The number of benzene rings is 1. The van der Waals surface area contributed by atoms with E-state index >= 15 is 0 Å². The van der Waals surface area contributed by atoms with Crippen LogP contribution in [-0.4, -0.2) is 38.3 Å². The maximum atomic E-state index is 11.8. The van der Waals surface area contributed by atoms with E-state index in [0.717, 1.165) is 23.6 Å². The van der Waals surface area contributed by atoms with Gasteiger partial charge in [-0.3, -0.25) is 4.79 Å². The Balaban J connectivity index is 1.47. The minimum atomic E-state index is -0.237. The maximum Gasteiger partial charge on any atom is 0.287 e. The van der Waals surface area contributed by atoms with Crippen molar-refractivity contribution >= 4 is 11.9 Å². The number of carbonyl (C=O) groups excluding carboxylic acids is 1. The summed E-state index contributed by atoms with van der Waals surface area (Å²) in [7, 11) is 0. The van der Waals surface area contributed by atoms with Crippen LogP contribution >= 0.6 is 0 Å². The molecule has 0 spiro atoms. The van der Waals surface area contributed by atoms with Crippen LogP contribution in [0.15, 0.2) is 46.0 Å². The number of carbonyl (C=O) groups is 1. The second kappa shape index (κ2) is 8.80. The lowest BCUT2D eigenvalue weighted by atomic mass is 10.2. The molecule has 8 heteroatoms. The summed E-state index contributed by atoms with van der Waals surface area (Å²) in [6.07, 6.45) is 1.47. The number of furan rings is 1. The summed E-state index contributed by atoms with van der Waals surface area (Å²) >= 11 is 0. The fourth-order valence-electron chi connectivity index (χ4n) is 2.40. The molecule has 0 atom stereocenters. The van der Waals surface area contributed by atoms with Crippen LogP contribution in [0.2, 0.25) is 0 Å². The van der Waals surface area contributed by atoms with Crippen molar-refractivity contribution in [2.45, 2.75) is 13.5 Å². The van der Waals surface area contributed by atoms with E-state index in [2.05, 4.69) is 20.9 Å². The van der Waals surface area contributed by atoms with Gasteiger partial charge in [-0.1, -0.05) is 6.07 Å². The SMILES string of the molecule is CCNC(=NCc1ccc2c(c1)OCO2)NCCNC(=O)c1ccco1. The lowest BCUT2D eigenvalue weighted by Crippen LogP contribution is -2.41. The van der Waals surface area contributed by atoms with Gasteiger partial charge in [0, 0.05) is 19.6 Å². The first-order valence-electron chi connectivity index (χ1n) is 8.48. The lowest BCUT2D eigenvalue weighted by molar-refractivity contribution is 0.0926. The van der Waals surface area contributed by atoms with Crippen molar-refractivity contribution in [3.8, 4) is 11.5 Å². The molecule has 138 valence electrons. The predicted molar refractivity (Wildman–Crippen MR) is 96.4 cm³/mol. The zero-order valence-corrected chi connectivity index (χ0v) is 14.6. The molecule has 2 aromatic rings. The largest absolute Gasteiger partial charge is 0.459 e. The molecule has 1 aromatic carbocycles. The molecule has 0 saturated heterocycles. The minimum Gasteiger partial charge on any atom is -0.459 e. The topological polar surface area (TPSA) is 97.1 Å². The standard InChI is InChI=1S/C18H22N4O4/c1-2-19-18(21-8-7-20-17(23)15-4-3-9-24-15)22-11-13-5-6-14-16(10-13)26-12-25-14/h3-6,9-10H,2,7-8,11-12H2,1H3,(H,20,23)(H2,19,21,22). The number of ether oxygens (including phenoxy) is 2. The molecular formula is C18H22N4O4. The molecular weight excluding hydrogens is 336 g/mol. The highest BCUT2D eigenvalue weighted by molar-refractivity contribution is 5.91. The third kappa shape index (κ3) is 4.69. The van der Waals surface area contributed by atoms with Crippen LogP contribution in [0.25, 0.3) is 0 Å². The van der Waals surface area contributed by atoms with Crippen molar-refractivity contribution in [2.24, 2.45) is 4.99 Å². The number of hydrogen-bond acceptors (Lipinski definition) is 5. The molecule has 1 amide bonds. The van der Waals surface area contributed by atoms with Crippen LogP contribution < -0.4 is 25.4 Å². The predicted octanol–water partition coefficient (Wildman–Crippen LogP) is 1.49. The molecule has 1 aliphatic heterocycles. The fraction of sp³-hybridized carbons (Fsp3) is 0.333. The highest BCUT2D eigenvalue weighted by atomic mass is 16.7. The van der Waals surface area contributed by atoms with E-state index in [1.165, 1.54) is 6.26 Å². The highest BCUT2D eigenvalue weighted by Gasteiger charge is 2.13. The average Bonchev–Trinajstić information content (AvgIpc) is 3.34. The number of guanidine groups is 1. The normalized spacial score (nSPS) is 12.7. The summed E-state index contributed by atoms with van der Waals surface area (Å²) in [6.45, 7) is 4.50. The Labute approximate surface area is 151 Å². The van der Waals surface area contributed by atoms with E-state index in [1.54, 1.807) is 12.1 Å². The van der Waals surface area contributed by atoms with Gasteiger partial charge in [-0.05, 0) is 36.8 Å². The van der Waals surface area contributed by atoms with Crippen LogP contribution in [0.4, 0.5) is 0 Å². The van der Waals surface area contributed by atoms with E-state index in [1.807, 2.05) is 25.1 Å². The van der Waals surface area contributed by atoms with Gasteiger partial charge in [-0.2, -0.15) is 0 Å². The molecule has 0 unspecified atom stereocenters. The first-order chi connectivity index (χ1) is 12.8. The smallest absolute Gasteiger partial charge is 0.287 e. The number of aliphatic imine (C=N–C) groups is 1. The molecule has 2 heterocycles. The summed E-state index contributed by atoms with van der Waals surface area (Å²) in [5.74, 6) is 2.25. The number of nitrogens with one attached hydrogen (secondary N) is 3. The van der Waals surface area contributed by atoms with Gasteiger partial charge in [0.1, 0.15) is 0 Å². The molecule has 8 nitrogen and oxygen atoms in total. The lowest BCUT2D eigenvalue weighted by Gasteiger charge is -2.11. The van der Waals surface area contributed by atoms with Gasteiger partial charge in [-0.15, -0.1) is 0 Å². The Hall–Kier alpha value is -3.16. The molecule has 0 saturated carbocycles. The molecule has 0 aliphatic carbocycles. The monoisotopic (exact) mass is 358 g/mol. The van der Waals surface area contributed by atoms with Gasteiger partial charge in [0.05, 0.1) is 12.8 Å². The van der Waals surface area contributed by atoms with Gasteiger partial charge in [0.2, 0.25) is 6.79 Å². The summed E-state index contributed by atoms with van der Waals surface area (Å²) < 4.78 is 15.7. The van der Waals surface area contributed by atoms with Crippen molar-refractivity contribution in [1.29, 1.82) is 0 Å². The van der Waals surface area contributed by atoms with Crippen molar-refractivity contribution in [3.63, 3.8) is 0 Å². The quantitative estimate of drug-likeness (QED) is 0.394. The van der Waals surface area contributed by atoms with Crippen LogP contribution in [0.1, 0.15) is 23.0 Å². The third-order valence-electron chi connectivity index (χ3n) is 3.65. The molecule has 1 aromatic heterocycles. The average molecular weight is 358 g/mol. The first-order valence-corrected chi connectivity index (χ1v) is 8.48. The molecule has 3 N–H and O–H groups in total. The van der Waals surface area contributed by atoms with Crippen molar-refractivity contribution in [2.75, 3.05) is 26.4 Å². The van der Waals surface area contributed by atoms with Gasteiger partial charge >= 0.3 is 0 Å². The second-order valence-corrected chi connectivity index (χ2v) is 5.54. The van der Waals surface area contributed by atoms with E-state index in [9.17, 15) is 4.79 Å². The van der Waals surface area contributed by atoms with Crippen molar-refractivity contribution in [3.05, 3.63) is 47.9 Å². The summed E-state index contributed by atoms with van der Waals surface area (Å²) in [5, 5.41) is 9.13. The minimum absolute atomic E-state index is 0.237. The van der Waals surface area contributed by atoms with Gasteiger partial charge in [-0.25, -0.2) is 4.99 Å². The molecule has 0 bridgehead atoms. The summed E-state index contributed by atoms with van der Waals surface area (Å²) in [6, 6.07) is 9.08. The van der Waals surface area contributed by atoms with E-state index < -0.39 is 0 Å². The van der Waals surface area contributed by atoms with Gasteiger partial charge < -0.3 is 29.8 Å². The van der Waals surface area contributed by atoms with E-state index in [4.69, 9.17) is 13.9 Å². The van der Waals surface area contributed by atoms with Crippen LogP contribution in [0, 0.1) is 0 Å². The summed E-state index contributed by atoms with van der Waals surface area (Å²) in [4.78, 5) is 16.3. The van der Waals surface area contributed by atoms with E-state index in [-0.39, 0.29) is 12.7 Å². The van der Waals surface area contributed by atoms with Crippen molar-refractivity contribution in [1.82, 2.24) is 16.0 Å². The number of rotatable bonds is 7. The molecule has 0 radical (unpaired) electrons. The molecule has 1 aliphatic rings. The number of nitrogens with zero attached hydrogens (tertiary/aromatic N) is 1. The van der Waals surface area contributed by atoms with Crippen molar-refractivity contribution < 1.29 is 18.7 Å². The van der Waals surface area contributed by atoms with Crippen LogP contribution in [-0.2, 0) is 6.54 Å². The Bertz CT molecular complexity index is 759. The Morgan fingerprint density at radius 1 is 1.12 bits per heavy atom. The molecule has 0 fully saturated rings. The zero-order chi connectivity index (χ0) is 18.2. The Kier molecular flexibility index (Phi) is 5.97. The fourth-order valence-corrected chi connectivity index (χ4v) is 2.40. The highest BCUT2D eigenvalue weighted by Crippen LogP contribution is 2.32. The Morgan fingerprint density at radius 2 is 1.96 bits per heavy atom. The van der Waals surface area contributed by atoms with Gasteiger partial charge in [0.15, 0.2) is 23.2 Å². The summed E-state index contributed by atoms with van der Waals surface area (Å²) in [5.41, 5.74) is 1.03. The first kappa shape index (κ1) is 17.7. The molecule has 26 heavy (non-hydrogen) atoms. The molecule has 3 rings (SSSR count). The maximum absolute atomic E-state index is 11.8. The number of amides is 1. The van der Waals surface area contributed by atoms with Crippen LogP contribution in [0.5, 0.6) is 11.5 Å². The second-order valence-electron chi connectivity index (χ2n) is 5.54. The number of hydrogen-bond donors (Lipinski definition) is 3. The Morgan fingerprint density at radius 3 is 2.77 bits per heavy atom. The van der Waals surface area contributed by atoms with E-state index in [0.29, 0.717) is 31.4 Å². The number of fused-ring (bicyclic) bond motifs is 1.